The van der Waals surface area contributed by atoms with E-state index in [1.54, 1.807) is 12.1 Å². The Balaban J connectivity index is 1.68. The Hall–Kier alpha value is -2.90. The zero-order valence-electron chi connectivity index (χ0n) is 16.3. The lowest BCUT2D eigenvalue weighted by Crippen LogP contribution is -2.48. The van der Waals surface area contributed by atoms with E-state index in [0.29, 0.717) is 22.5 Å². The summed E-state index contributed by atoms with van der Waals surface area (Å²) in [6.45, 7) is 3.78. The highest BCUT2D eigenvalue weighted by Gasteiger charge is 2.46. The minimum Gasteiger partial charge on any atom is -0.497 e. The Morgan fingerprint density at radius 1 is 1.11 bits per heavy atom. The molecule has 3 rings (SSSR count). The number of nitrogens with zero attached hydrogens (tertiary/aromatic N) is 2. The molecule has 0 spiro atoms. The van der Waals surface area contributed by atoms with Crippen LogP contribution >= 0.6 is 0 Å². The fraction of sp³-hybridized carbons (Fsp3) is 0.500. The number of hydrogen-bond donors (Lipinski definition) is 1. The lowest BCUT2D eigenvalue weighted by Gasteiger charge is -2.34. The van der Waals surface area contributed by atoms with Gasteiger partial charge in [-0.15, -0.1) is 0 Å². The van der Waals surface area contributed by atoms with E-state index in [1.165, 1.54) is 19.2 Å². The van der Waals surface area contributed by atoms with Crippen LogP contribution in [0.4, 0.5) is 10.5 Å². The molecule has 0 unspecified atom stereocenters. The first-order chi connectivity index (χ1) is 13.3. The molecule has 1 saturated carbocycles. The molecule has 0 radical (unpaired) electrons. The third-order valence-corrected chi connectivity index (χ3v) is 5.74. The van der Waals surface area contributed by atoms with Crippen molar-refractivity contribution in [2.24, 2.45) is 11.8 Å². The second-order valence-corrected chi connectivity index (χ2v) is 7.45. The number of methoxy groups -OCH3 is 1. The fourth-order valence-corrected chi connectivity index (χ4v) is 3.79. The summed E-state index contributed by atoms with van der Waals surface area (Å²) in [4.78, 5) is 51.1. The first-order valence-electron chi connectivity index (χ1n) is 9.46. The van der Waals surface area contributed by atoms with Gasteiger partial charge >= 0.3 is 17.8 Å². The second-order valence-electron chi connectivity index (χ2n) is 7.45. The van der Waals surface area contributed by atoms with Crippen LogP contribution in [0.2, 0.25) is 0 Å². The van der Waals surface area contributed by atoms with Crippen LogP contribution in [-0.2, 0) is 14.4 Å². The molecule has 1 aliphatic carbocycles. The van der Waals surface area contributed by atoms with Gasteiger partial charge in [-0.3, -0.25) is 14.4 Å². The number of carbonyl (C=O) groups is 4. The predicted molar refractivity (Wildman–Crippen MR) is 102 cm³/mol. The number of ether oxygens (including phenoxy) is 1. The van der Waals surface area contributed by atoms with Crippen molar-refractivity contribution in [3.63, 3.8) is 0 Å². The van der Waals surface area contributed by atoms with Crippen molar-refractivity contribution >= 4 is 29.4 Å². The monoisotopic (exact) mass is 387 g/mol. The quantitative estimate of drug-likeness (QED) is 0.615. The van der Waals surface area contributed by atoms with E-state index >= 15 is 0 Å². The van der Waals surface area contributed by atoms with Crippen molar-refractivity contribution in [3.8, 4) is 5.75 Å². The highest BCUT2D eigenvalue weighted by Crippen LogP contribution is 2.29. The fourth-order valence-electron chi connectivity index (χ4n) is 3.79. The van der Waals surface area contributed by atoms with Crippen molar-refractivity contribution in [2.75, 3.05) is 18.6 Å². The maximum Gasteiger partial charge on any atom is 0.339 e. The third kappa shape index (κ3) is 3.72. The molecular weight excluding hydrogens is 362 g/mol. The Morgan fingerprint density at radius 3 is 2.43 bits per heavy atom. The zero-order valence-corrected chi connectivity index (χ0v) is 16.3. The molecule has 1 N–H and O–H groups in total. The van der Waals surface area contributed by atoms with Crippen LogP contribution in [0, 0.1) is 11.8 Å². The van der Waals surface area contributed by atoms with Gasteiger partial charge in [-0.25, -0.2) is 14.6 Å². The lowest BCUT2D eigenvalue weighted by atomic mass is 9.78. The molecule has 8 heteroatoms. The predicted octanol–water partition coefficient (Wildman–Crippen LogP) is 1.93. The number of imide groups is 2. The summed E-state index contributed by atoms with van der Waals surface area (Å²) in [5, 5.41) is 2.92. The van der Waals surface area contributed by atoms with Gasteiger partial charge in [-0.2, -0.15) is 0 Å². The first kappa shape index (κ1) is 19.9. The van der Waals surface area contributed by atoms with Crippen molar-refractivity contribution in [1.82, 2.24) is 10.2 Å². The average molecular weight is 387 g/mol. The van der Waals surface area contributed by atoms with Crippen LogP contribution in [0.25, 0.3) is 0 Å². The van der Waals surface area contributed by atoms with Gasteiger partial charge in [0.05, 0.1) is 12.8 Å². The number of carbonyl (C=O) groups excluding carboxylic acids is 4. The normalized spacial score (nSPS) is 25.2. The van der Waals surface area contributed by atoms with E-state index in [4.69, 9.17) is 4.74 Å². The molecule has 1 heterocycles. The summed E-state index contributed by atoms with van der Waals surface area (Å²) in [6, 6.07) is 5.38. The standard InChI is InChI=1S/C20H25N3O5/c1-12-5-4-6-16(13(12)2)21-17(24)11-22-18(25)19(26)23(20(22)27)14-7-9-15(28-3)10-8-14/h7-10,12-13,16H,4-6,11H2,1-3H3,(H,21,24)/t12-,13-,16-/m1/s1. The molecule has 5 amide bonds. The van der Waals surface area contributed by atoms with Gasteiger partial charge in [-0.05, 0) is 42.5 Å². The van der Waals surface area contributed by atoms with Crippen molar-refractivity contribution < 1.29 is 23.9 Å². The Kier molecular flexibility index (Phi) is 5.67. The number of urea groups is 1. The van der Waals surface area contributed by atoms with Crippen molar-refractivity contribution in [1.29, 1.82) is 0 Å². The van der Waals surface area contributed by atoms with Crippen molar-refractivity contribution in [3.05, 3.63) is 24.3 Å². The number of benzene rings is 1. The van der Waals surface area contributed by atoms with Gasteiger partial charge in [0.25, 0.3) is 0 Å². The van der Waals surface area contributed by atoms with Crippen LogP contribution in [0.5, 0.6) is 5.75 Å². The maximum absolute atomic E-state index is 12.6. The Labute approximate surface area is 163 Å². The number of hydrogen-bond acceptors (Lipinski definition) is 5. The largest absolute Gasteiger partial charge is 0.497 e. The SMILES string of the molecule is COc1ccc(N2C(=O)C(=O)N(CC(=O)N[C@@H]3CCC[C@@H](C)[C@H]3C)C2=O)cc1. The third-order valence-electron chi connectivity index (χ3n) is 5.74. The van der Waals surface area contributed by atoms with E-state index < -0.39 is 30.3 Å². The summed E-state index contributed by atoms with van der Waals surface area (Å²) in [5.41, 5.74) is 0.252. The molecule has 0 aromatic heterocycles. The number of rotatable bonds is 5. The summed E-state index contributed by atoms with van der Waals surface area (Å²) >= 11 is 0. The molecule has 1 aromatic carbocycles. The van der Waals surface area contributed by atoms with Crippen LogP contribution in [0.15, 0.2) is 24.3 Å². The number of nitrogens with one attached hydrogen (secondary N) is 1. The minimum absolute atomic E-state index is 0.0115. The second kappa shape index (κ2) is 8.00. The average Bonchev–Trinajstić information content (AvgIpc) is 2.89. The van der Waals surface area contributed by atoms with E-state index in [9.17, 15) is 19.2 Å². The smallest absolute Gasteiger partial charge is 0.339 e. The molecule has 1 aromatic rings. The maximum atomic E-state index is 12.6. The van der Waals surface area contributed by atoms with Gasteiger partial charge < -0.3 is 10.1 Å². The molecule has 8 nitrogen and oxygen atoms in total. The molecule has 0 bridgehead atoms. The van der Waals surface area contributed by atoms with E-state index in [1.807, 2.05) is 0 Å². The highest BCUT2D eigenvalue weighted by atomic mass is 16.5. The van der Waals surface area contributed by atoms with E-state index in [2.05, 4.69) is 19.2 Å². The molecule has 1 saturated heterocycles. The molecule has 1 aliphatic heterocycles. The lowest BCUT2D eigenvalue weighted by molar-refractivity contribution is -0.140. The molecule has 150 valence electrons. The number of anilines is 1. The summed E-state index contributed by atoms with van der Waals surface area (Å²) in [5.74, 6) is -1.02. The Bertz CT molecular complexity index is 792. The van der Waals surface area contributed by atoms with Gasteiger partial charge in [0, 0.05) is 6.04 Å². The highest BCUT2D eigenvalue weighted by molar-refractivity contribution is 6.53. The minimum atomic E-state index is -0.999. The van der Waals surface area contributed by atoms with E-state index in [0.717, 1.165) is 24.2 Å². The van der Waals surface area contributed by atoms with Crippen LogP contribution in [-0.4, -0.2) is 48.3 Å². The number of amides is 5. The Morgan fingerprint density at radius 2 is 1.79 bits per heavy atom. The van der Waals surface area contributed by atoms with Gasteiger partial charge in [0.2, 0.25) is 5.91 Å². The summed E-state index contributed by atoms with van der Waals surface area (Å²) < 4.78 is 5.05. The van der Waals surface area contributed by atoms with Crippen LogP contribution in [0.1, 0.15) is 33.1 Å². The zero-order chi connectivity index (χ0) is 20.4. The van der Waals surface area contributed by atoms with Gasteiger partial charge in [0.15, 0.2) is 0 Å². The first-order valence-corrected chi connectivity index (χ1v) is 9.46. The van der Waals surface area contributed by atoms with Crippen molar-refractivity contribution in [2.45, 2.75) is 39.2 Å². The van der Waals surface area contributed by atoms with E-state index in [-0.39, 0.29) is 11.7 Å². The van der Waals surface area contributed by atoms with Gasteiger partial charge in [-0.1, -0.05) is 26.7 Å². The molecule has 2 fully saturated rings. The summed E-state index contributed by atoms with van der Waals surface area (Å²) in [7, 11) is 1.50. The molecular formula is C20H25N3O5. The van der Waals surface area contributed by atoms with Crippen LogP contribution < -0.4 is 15.0 Å². The molecule has 3 atom stereocenters. The topological polar surface area (TPSA) is 96.0 Å². The van der Waals surface area contributed by atoms with Crippen LogP contribution in [0.3, 0.4) is 0 Å². The molecule has 2 aliphatic rings. The summed E-state index contributed by atoms with van der Waals surface area (Å²) in [6.07, 6.45) is 3.03. The van der Waals surface area contributed by atoms with Gasteiger partial charge in [0.1, 0.15) is 12.3 Å². The molecule has 28 heavy (non-hydrogen) atoms.